The third-order valence-electron chi connectivity index (χ3n) is 5.26. The molecule has 0 heterocycles. The fourth-order valence-electron chi connectivity index (χ4n) is 3.36. The maximum atomic E-state index is 12.8. The Morgan fingerprint density at radius 2 is 1.61 bits per heavy atom. The maximum absolute atomic E-state index is 12.8. The number of hydrogen-bond acceptors (Lipinski definition) is 5. The van der Waals surface area contributed by atoms with Crippen LogP contribution in [0.3, 0.4) is 0 Å². The van der Waals surface area contributed by atoms with E-state index in [4.69, 9.17) is 8.92 Å². The molecule has 0 aromatic heterocycles. The first kappa shape index (κ1) is 27.4. The van der Waals surface area contributed by atoms with E-state index in [1.54, 1.807) is 30.2 Å². The maximum Gasteiger partial charge on any atom is 0.308 e. The Morgan fingerprint density at radius 1 is 0.968 bits per heavy atom. The van der Waals surface area contributed by atoms with Gasteiger partial charge in [0.1, 0.15) is 5.75 Å². The lowest BCUT2D eigenvalue weighted by atomic mass is 10.1. The van der Waals surface area contributed by atoms with Crippen molar-refractivity contribution in [3.8, 4) is 5.75 Å². The highest BCUT2D eigenvalue weighted by atomic mass is 32.2. The molecule has 0 fully saturated rings. The zero-order chi connectivity index (χ0) is 23.0. The molecule has 1 rings (SSSR count). The molecule has 31 heavy (non-hydrogen) atoms. The molecule has 0 spiro atoms. The second-order valence-corrected chi connectivity index (χ2v) is 9.82. The molecule has 178 valence electrons. The fourth-order valence-corrected chi connectivity index (χ4v) is 3.87. The van der Waals surface area contributed by atoms with Crippen molar-refractivity contribution >= 4 is 16.0 Å². The SMILES string of the molecule is CCCCCCCCCCCC(=O)N(CCOC)Cc1cccc(OS(=O)(=O)CC)c1. The molecule has 1 amide bonds. The van der Waals surface area contributed by atoms with Gasteiger partial charge in [-0.3, -0.25) is 4.79 Å². The van der Waals surface area contributed by atoms with Crippen LogP contribution in [0.5, 0.6) is 5.75 Å². The molecule has 7 heteroatoms. The summed E-state index contributed by atoms with van der Waals surface area (Å²) in [6, 6.07) is 6.91. The molecule has 0 saturated carbocycles. The zero-order valence-electron chi connectivity index (χ0n) is 19.6. The van der Waals surface area contributed by atoms with E-state index in [9.17, 15) is 13.2 Å². The Hall–Kier alpha value is -1.60. The number of benzene rings is 1. The smallest absolute Gasteiger partial charge is 0.308 e. The standard InChI is InChI=1S/C24H41NO5S/c1-4-6-7-8-9-10-11-12-13-17-24(26)25(18-19-29-3)21-22-15-14-16-23(20-22)30-31(27,28)5-2/h14-16,20H,4-13,17-19,21H2,1-3H3. The summed E-state index contributed by atoms with van der Waals surface area (Å²) in [6.07, 6.45) is 11.5. The van der Waals surface area contributed by atoms with E-state index in [1.165, 1.54) is 51.9 Å². The molecule has 0 aliphatic rings. The molecule has 0 aliphatic heterocycles. The van der Waals surface area contributed by atoms with Crippen molar-refractivity contribution in [2.75, 3.05) is 26.0 Å². The van der Waals surface area contributed by atoms with Crippen LogP contribution in [-0.2, 0) is 26.2 Å². The van der Waals surface area contributed by atoms with Gasteiger partial charge < -0.3 is 13.8 Å². The van der Waals surface area contributed by atoms with Crippen LogP contribution in [0.15, 0.2) is 24.3 Å². The minimum Gasteiger partial charge on any atom is -0.383 e. The second-order valence-electron chi connectivity index (χ2n) is 7.96. The number of ether oxygens (including phenoxy) is 1. The highest BCUT2D eigenvalue weighted by Crippen LogP contribution is 2.18. The summed E-state index contributed by atoms with van der Waals surface area (Å²) in [4.78, 5) is 14.5. The van der Waals surface area contributed by atoms with E-state index in [-0.39, 0.29) is 17.4 Å². The molecule has 1 aromatic rings. The van der Waals surface area contributed by atoms with E-state index in [0.29, 0.717) is 26.1 Å². The molecule has 1 aromatic carbocycles. The molecule has 0 aliphatic carbocycles. The van der Waals surface area contributed by atoms with Gasteiger partial charge in [0.15, 0.2) is 0 Å². The van der Waals surface area contributed by atoms with Gasteiger partial charge in [0.2, 0.25) is 5.91 Å². The normalized spacial score (nSPS) is 11.5. The summed E-state index contributed by atoms with van der Waals surface area (Å²) >= 11 is 0. The predicted molar refractivity (Wildman–Crippen MR) is 126 cm³/mol. The summed E-state index contributed by atoms with van der Waals surface area (Å²) in [5.41, 5.74) is 0.834. The van der Waals surface area contributed by atoms with Gasteiger partial charge in [-0.25, -0.2) is 0 Å². The van der Waals surface area contributed by atoms with Crippen LogP contribution in [0.1, 0.15) is 83.6 Å². The number of nitrogens with zero attached hydrogens (tertiary/aromatic N) is 1. The van der Waals surface area contributed by atoms with Crippen LogP contribution in [0.25, 0.3) is 0 Å². The van der Waals surface area contributed by atoms with Gasteiger partial charge in [0.25, 0.3) is 0 Å². The average Bonchev–Trinajstić information content (AvgIpc) is 2.75. The number of rotatable bonds is 18. The van der Waals surface area contributed by atoms with Crippen molar-refractivity contribution in [1.82, 2.24) is 4.90 Å². The number of carbonyl (C=O) groups is 1. The van der Waals surface area contributed by atoms with E-state index in [0.717, 1.165) is 18.4 Å². The van der Waals surface area contributed by atoms with Gasteiger partial charge >= 0.3 is 10.1 Å². The van der Waals surface area contributed by atoms with E-state index in [2.05, 4.69) is 6.92 Å². The van der Waals surface area contributed by atoms with Gasteiger partial charge in [-0.05, 0) is 31.0 Å². The van der Waals surface area contributed by atoms with Crippen LogP contribution < -0.4 is 4.18 Å². The van der Waals surface area contributed by atoms with Crippen molar-refractivity contribution in [1.29, 1.82) is 0 Å². The number of unbranched alkanes of at least 4 members (excludes halogenated alkanes) is 8. The predicted octanol–water partition coefficient (Wildman–Crippen LogP) is 5.31. The quantitative estimate of drug-likeness (QED) is 0.221. The molecular weight excluding hydrogens is 414 g/mol. The topological polar surface area (TPSA) is 72.9 Å². The van der Waals surface area contributed by atoms with Crippen molar-refractivity contribution in [2.24, 2.45) is 0 Å². The first-order chi connectivity index (χ1) is 14.9. The molecule has 0 atom stereocenters. The van der Waals surface area contributed by atoms with Gasteiger partial charge in [-0.2, -0.15) is 8.42 Å². The largest absolute Gasteiger partial charge is 0.383 e. The van der Waals surface area contributed by atoms with Crippen LogP contribution in [-0.4, -0.2) is 45.2 Å². The van der Waals surface area contributed by atoms with Crippen LogP contribution in [0.2, 0.25) is 0 Å². The zero-order valence-corrected chi connectivity index (χ0v) is 20.4. The van der Waals surface area contributed by atoms with Crippen molar-refractivity contribution in [3.05, 3.63) is 29.8 Å². The van der Waals surface area contributed by atoms with Gasteiger partial charge in [-0.1, -0.05) is 70.4 Å². The van der Waals surface area contributed by atoms with E-state index in [1.807, 2.05) is 6.07 Å². The lowest BCUT2D eigenvalue weighted by Gasteiger charge is -2.23. The molecule has 0 saturated heterocycles. The summed E-state index contributed by atoms with van der Waals surface area (Å²) < 4.78 is 33.7. The van der Waals surface area contributed by atoms with Crippen molar-refractivity contribution in [2.45, 2.75) is 84.6 Å². The fraction of sp³-hybridized carbons (Fsp3) is 0.708. The Morgan fingerprint density at radius 3 is 2.23 bits per heavy atom. The second kappa shape index (κ2) is 16.1. The minimum absolute atomic E-state index is 0.0889. The first-order valence-corrected chi connectivity index (χ1v) is 13.3. The van der Waals surface area contributed by atoms with E-state index >= 15 is 0 Å². The summed E-state index contributed by atoms with van der Waals surface area (Å²) in [6.45, 7) is 5.14. The Kier molecular flexibility index (Phi) is 14.2. The summed E-state index contributed by atoms with van der Waals surface area (Å²) in [7, 11) is -1.96. The van der Waals surface area contributed by atoms with Gasteiger partial charge in [-0.15, -0.1) is 0 Å². The van der Waals surface area contributed by atoms with E-state index < -0.39 is 10.1 Å². The number of hydrogen-bond donors (Lipinski definition) is 0. The van der Waals surface area contributed by atoms with Gasteiger partial charge in [0.05, 0.1) is 12.4 Å². The summed E-state index contributed by atoms with van der Waals surface area (Å²) in [5, 5.41) is 0. The Bertz CT molecular complexity index is 720. The number of methoxy groups -OCH3 is 1. The third kappa shape index (κ3) is 12.8. The third-order valence-corrected chi connectivity index (χ3v) is 6.41. The average molecular weight is 456 g/mol. The number of amides is 1. The number of carbonyl (C=O) groups excluding carboxylic acids is 1. The highest BCUT2D eigenvalue weighted by Gasteiger charge is 2.15. The molecule has 0 radical (unpaired) electrons. The molecule has 6 nitrogen and oxygen atoms in total. The highest BCUT2D eigenvalue weighted by molar-refractivity contribution is 7.87. The van der Waals surface area contributed by atoms with Crippen molar-refractivity contribution < 1.29 is 22.1 Å². The molecular formula is C24H41NO5S. The van der Waals surface area contributed by atoms with Crippen LogP contribution >= 0.6 is 0 Å². The van der Waals surface area contributed by atoms with Gasteiger partial charge in [0, 0.05) is 26.6 Å². The Labute approximate surface area is 189 Å². The molecule has 0 bridgehead atoms. The monoisotopic (exact) mass is 455 g/mol. The first-order valence-electron chi connectivity index (χ1n) is 11.7. The van der Waals surface area contributed by atoms with Crippen LogP contribution in [0, 0.1) is 0 Å². The lowest BCUT2D eigenvalue weighted by Crippen LogP contribution is -2.33. The van der Waals surface area contributed by atoms with Crippen LogP contribution in [0.4, 0.5) is 0 Å². The molecule has 0 unspecified atom stereocenters. The lowest BCUT2D eigenvalue weighted by molar-refractivity contribution is -0.132. The minimum atomic E-state index is -3.58. The Balaban J connectivity index is 2.50. The molecule has 0 N–H and O–H groups in total. The summed E-state index contributed by atoms with van der Waals surface area (Å²) in [5.74, 6) is 0.291. The van der Waals surface area contributed by atoms with Crippen molar-refractivity contribution in [3.63, 3.8) is 0 Å².